The average molecular weight is 420 g/mol. The summed E-state index contributed by atoms with van der Waals surface area (Å²) in [5.74, 6) is -1.13. The van der Waals surface area contributed by atoms with E-state index in [-0.39, 0.29) is 11.6 Å². The van der Waals surface area contributed by atoms with Gasteiger partial charge in [-0.15, -0.1) is 0 Å². The zero-order valence-corrected chi connectivity index (χ0v) is 17.3. The van der Waals surface area contributed by atoms with Crippen LogP contribution >= 0.6 is 0 Å². The van der Waals surface area contributed by atoms with Crippen molar-refractivity contribution >= 4 is 34.1 Å². The summed E-state index contributed by atoms with van der Waals surface area (Å²) in [7, 11) is 0. The van der Waals surface area contributed by atoms with Gasteiger partial charge in [-0.05, 0) is 37.1 Å². The Morgan fingerprint density at radius 2 is 1.65 bits per heavy atom. The molecule has 8 nitrogen and oxygen atoms in total. The molecule has 0 spiro atoms. The van der Waals surface area contributed by atoms with E-state index in [9.17, 15) is 9.90 Å². The minimum atomic E-state index is -1.16. The second-order valence-electron chi connectivity index (χ2n) is 7.18. The minimum Gasteiger partial charge on any atom is -0.476 e. The van der Waals surface area contributed by atoms with Gasteiger partial charge in [-0.25, -0.2) is 14.8 Å². The smallest absolute Gasteiger partial charge is 0.360 e. The van der Waals surface area contributed by atoms with Crippen LogP contribution < -0.4 is 9.64 Å². The molecule has 0 saturated heterocycles. The first-order valence-corrected chi connectivity index (χ1v) is 10.4. The predicted molar refractivity (Wildman–Crippen MR) is 118 cm³/mol. The highest BCUT2D eigenvalue weighted by Crippen LogP contribution is 2.23. The maximum Gasteiger partial charge on any atom is 0.360 e. The van der Waals surface area contributed by atoms with Crippen molar-refractivity contribution in [1.82, 2.24) is 15.0 Å². The number of nitrogens with zero attached hydrogens (tertiary/aromatic N) is 4. The number of fused-ring (bicyclic) bond motifs is 2. The highest BCUT2D eigenvalue weighted by atomic mass is 16.5. The minimum absolute atomic E-state index is 0.0353. The van der Waals surface area contributed by atoms with Crippen LogP contribution in [-0.4, -0.2) is 45.7 Å². The van der Waals surface area contributed by atoms with Gasteiger partial charge < -0.3 is 19.2 Å². The number of hydrogen-bond acceptors (Lipinski definition) is 7. The third-order valence-electron chi connectivity index (χ3n) is 4.89. The number of para-hydroxylation sites is 4. The van der Waals surface area contributed by atoms with Gasteiger partial charge in [0.05, 0.1) is 17.6 Å². The summed E-state index contributed by atoms with van der Waals surface area (Å²) >= 11 is 0. The van der Waals surface area contributed by atoms with Crippen molar-refractivity contribution in [3.05, 3.63) is 54.2 Å². The Morgan fingerprint density at radius 3 is 2.35 bits per heavy atom. The first kappa shape index (κ1) is 20.6. The Morgan fingerprint density at radius 1 is 0.968 bits per heavy atom. The molecule has 1 N–H and O–H groups in total. The number of hydrogen-bond donors (Lipinski definition) is 1. The lowest BCUT2D eigenvalue weighted by molar-refractivity contribution is 0.0684. The molecule has 2 aromatic heterocycles. The van der Waals surface area contributed by atoms with Crippen LogP contribution in [0.3, 0.4) is 0 Å². The average Bonchev–Trinajstić information content (AvgIpc) is 3.22. The highest BCUT2D eigenvalue weighted by molar-refractivity contribution is 5.90. The monoisotopic (exact) mass is 420 g/mol. The molecule has 4 aromatic rings. The molecular formula is C23H24N4O4. The van der Waals surface area contributed by atoms with E-state index in [1.165, 1.54) is 0 Å². The Hall–Kier alpha value is -3.68. The number of carbonyl (C=O) groups is 1. The lowest BCUT2D eigenvalue weighted by atomic mass is 10.3. The van der Waals surface area contributed by atoms with E-state index in [4.69, 9.17) is 9.15 Å². The van der Waals surface area contributed by atoms with Crippen LogP contribution in [0.4, 0.5) is 6.01 Å². The van der Waals surface area contributed by atoms with Crippen molar-refractivity contribution in [3.8, 4) is 5.88 Å². The van der Waals surface area contributed by atoms with Gasteiger partial charge in [-0.2, -0.15) is 4.98 Å². The zero-order valence-electron chi connectivity index (χ0n) is 17.3. The number of carboxylic acid groups (broad SMARTS) is 1. The third-order valence-corrected chi connectivity index (χ3v) is 4.89. The number of aromatic nitrogens is 3. The Labute approximate surface area is 179 Å². The summed E-state index contributed by atoms with van der Waals surface area (Å²) in [6, 6.07) is 15.4. The van der Waals surface area contributed by atoms with Crippen molar-refractivity contribution in [1.29, 1.82) is 0 Å². The lowest BCUT2D eigenvalue weighted by Gasteiger charge is -2.20. The van der Waals surface area contributed by atoms with E-state index in [1.54, 1.807) is 18.2 Å². The van der Waals surface area contributed by atoms with Crippen LogP contribution in [0.1, 0.15) is 36.7 Å². The van der Waals surface area contributed by atoms with Crippen LogP contribution in [0.5, 0.6) is 5.88 Å². The number of carboxylic acids is 1. The highest BCUT2D eigenvalue weighted by Gasteiger charge is 2.18. The molecule has 0 radical (unpaired) electrons. The molecule has 0 atom stereocenters. The summed E-state index contributed by atoms with van der Waals surface area (Å²) in [4.78, 5) is 26.8. The van der Waals surface area contributed by atoms with Gasteiger partial charge in [-0.1, -0.05) is 37.6 Å². The van der Waals surface area contributed by atoms with Crippen LogP contribution in [0, 0.1) is 0 Å². The predicted octanol–water partition coefficient (Wildman–Crippen LogP) is 4.54. The number of oxazole rings is 1. The first-order chi connectivity index (χ1) is 15.2. The van der Waals surface area contributed by atoms with Gasteiger partial charge in [0.2, 0.25) is 11.6 Å². The van der Waals surface area contributed by atoms with Crippen LogP contribution in [0.2, 0.25) is 0 Å². The molecule has 0 saturated carbocycles. The molecule has 160 valence electrons. The topological polar surface area (TPSA) is 102 Å². The summed E-state index contributed by atoms with van der Waals surface area (Å²) in [5, 5.41) is 9.47. The standard InChI is InChI=1S/C23H24N4O4/c1-2-3-13-27(23-26-18-11-6-7-12-19(18)31-23)14-8-15-30-21-20(22(28)29)24-16-9-4-5-10-17(16)25-21/h4-7,9-12H,2-3,8,13-15H2,1H3,(H,28,29). The van der Waals surface area contributed by atoms with Gasteiger partial charge >= 0.3 is 5.97 Å². The van der Waals surface area contributed by atoms with E-state index < -0.39 is 5.97 Å². The summed E-state index contributed by atoms with van der Waals surface area (Å²) in [6.07, 6.45) is 2.72. The molecule has 2 heterocycles. The molecule has 0 aliphatic carbocycles. The van der Waals surface area contributed by atoms with E-state index in [2.05, 4.69) is 26.8 Å². The van der Waals surface area contributed by atoms with Crippen LogP contribution in [0.25, 0.3) is 22.1 Å². The molecule has 31 heavy (non-hydrogen) atoms. The quantitative estimate of drug-likeness (QED) is 0.373. The second kappa shape index (κ2) is 9.42. The molecule has 2 aromatic carbocycles. The Balaban J connectivity index is 1.44. The number of anilines is 1. The fourth-order valence-electron chi connectivity index (χ4n) is 3.30. The van der Waals surface area contributed by atoms with Gasteiger partial charge in [0.15, 0.2) is 5.58 Å². The van der Waals surface area contributed by atoms with E-state index in [1.807, 2.05) is 30.3 Å². The Kier molecular flexibility index (Phi) is 6.26. The number of ether oxygens (including phenoxy) is 1. The molecule has 4 rings (SSSR count). The van der Waals surface area contributed by atoms with Gasteiger partial charge in [0.25, 0.3) is 6.01 Å². The summed E-state index contributed by atoms with van der Waals surface area (Å²) in [6.45, 7) is 3.92. The zero-order chi connectivity index (χ0) is 21.6. The number of unbranched alkanes of at least 4 members (excludes halogenated alkanes) is 1. The molecule has 0 fully saturated rings. The fraction of sp³-hybridized carbons (Fsp3) is 0.304. The van der Waals surface area contributed by atoms with Crippen molar-refractivity contribution in [2.45, 2.75) is 26.2 Å². The SMILES string of the molecule is CCCCN(CCCOc1nc2ccccc2nc1C(=O)O)c1nc2ccccc2o1. The van der Waals surface area contributed by atoms with Gasteiger partial charge in [0, 0.05) is 13.1 Å². The summed E-state index contributed by atoms with van der Waals surface area (Å²) in [5.41, 5.74) is 2.52. The van der Waals surface area contributed by atoms with Crippen molar-refractivity contribution in [2.24, 2.45) is 0 Å². The summed E-state index contributed by atoms with van der Waals surface area (Å²) < 4.78 is 11.6. The van der Waals surface area contributed by atoms with Crippen LogP contribution in [0.15, 0.2) is 52.9 Å². The van der Waals surface area contributed by atoms with E-state index in [0.29, 0.717) is 36.6 Å². The number of aromatic carboxylic acids is 1. The van der Waals surface area contributed by atoms with Gasteiger partial charge in [0.1, 0.15) is 5.52 Å². The molecule has 0 amide bonds. The largest absolute Gasteiger partial charge is 0.476 e. The van der Waals surface area contributed by atoms with E-state index in [0.717, 1.165) is 30.5 Å². The molecule has 8 heteroatoms. The molecule has 0 aliphatic rings. The maximum atomic E-state index is 11.6. The van der Waals surface area contributed by atoms with E-state index >= 15 is 0 Å². The second-order valence-corrected chi connectivity index (χ2v) is 7.18. The third kappa shape index (κ3) is 4.74. The normalized spacial score (nSPS) is 11.1. The number of rotatable bonds is 10. The maximum absolute atomic E-state index is 11.6. The van der Waals surface area contributed by atoms with Crippen molar-refractivity contribution in [2.75, 3.05) is 24.6 Å². The van der Waals surface area contributed by atoms with Gasteiger partial charge in [-0.3, -0.25) is 0 Å². The molecule has 0 aliphatic heterocycles. The van der Waals surface area contributed by atoms with Crippen molar-refractivity contribution < 1.29 is 19.1 Å². The molecular weight excluding hydrogens is 396 g/mol. The fourth-order valence-corrected chi connectivity index (χ4v) is 3.30. The van der Waals surface area contributed by atoms with Crippen LogP contribution in [-0.2, 0) is 0 Å². The first-order valence-electron chi connectivity index (χ1n) is 10.4. The number of benzene rings is 2. The molecule has 0 bridgehead atoms. The van der Waals surface area contributed by atoms with Crippen molar-refractivity contribution in [3.63, 3.8) is 0 Å². The molecule has 0 unspecified atom stereocenters. The lowest BCUT2D eigenvalue weighted by Crippen LogP contribution is -2.27. The Bertz CT molecular complexity index is 1160.